The Balaban J connectivity index is 1.75. The van der Waals surface area contributed by atoms with E-state index in [1.165, 1.54) is 25.3 Å². The molecule has 3 atom stereocenters. The molecule has 0 radical (unpaired) electrons. The van der Waals surface area contributed by atoms with Crippen molar-refractivity contribution in [1.29, 1.82) is 0 Å². The van der Waals surface area contributed by atoms with E-state index < -0.39 is 41.6 Å². The van der Waals surface area contributed by atoms with E-state index in [1.807, 2.05) is 6.07 Å². The van der Waals surface area contributed by atoms with Gasteiger partial charge in [0.05, 0.1) is 7.11 Å². The summed E-state index contributed by atoms with van der Waals surface area (Å²) in [7, 11) is 1.20. The van der Waals surface area contributed by atoms with E-state index in [0.717, 1.165) is 17.7 Å². The third kappa shape index (κ3) is 7.91. The zero-order chi connectivity index (χ0) is 26.1. The largest absolute Gasteiger partial charge is 0.467 e. The van der Waals surface area contributed by atoms with Gasteiger partial charge in [0.1, 0.15) is 17.9 Å². The van der Waals surface area contributed by atoms with Gasteiger partial charge in [-0.15, -0.1) is 0 Å². The Morgan fingerprint density at radius 3 is 2.56 bits per heavy atom. The lowest BCUT2D eigenvalue weighted by molar-refractivity contribution is -0.146. The lowest BCUT2D eigenvalue weighted by Crippen LogP contribution is -2.53. The SMILES string of the molecule is COC(=O)[C@H](C[C@@H]1CCNC1=O)NC(=O)[C@H](Cc1ccccc1)NC(=O)/C=C/c1cc(F)cc(Cl)c1. The molecule has 0 bridgehead atoms. The molecule has 0 saturated carbocycles. The van der Waals surface area contributed by atoms with Gasteiger partial charge >= 0.3 is 5.97 Å². The fraction of sp³-hybridized carbons (Fsp3) is 0.308. The number of hydrogen-bond donors (Lipinski definition) is 3. The highest BCUT2D eigenvalue weighted by molar-refractivity contribution is 6.30. The smallest absolute Gasteiger partial charge is 0.328 e. The van der Waals surface area contributed by atoms with Crippen LogP contribution in [-0.2, 0) is 30.3 Å². The van der Waals surface area contributed by atoms with Crippen LogP contribution in [-0.4, -0.2) is 49.4 Å². The predicted molar refractivity (Wildman–Crippen MR) is 132 cm³/mol. The van der Waals surface area contributed by atoms with E-state index in [0.29, 0.717) is 18.5 Å². The van der Waals surface area contributed by atoms with Crippen molar-refractivity contribution in [2.24, 2.45) is 5.92 Å². The molecule has 3 rings (SSSR count). The molecule has 10 heteroatoms. The van der Waals surface area contributed by atoms with Gasteiger partial charge in [0, 0.05) is 30.0 Å². The highest BCUT2D eigenvalue weighted by Crippen LogP contribution is 2.18. The molecule has 0 aliphatic carbocycles. The summed E-state index contributed by atoms with van der Waals surface area (Å²) in [6.07, 6.45) is 3.31. The van der Waals surface area contributed by atoms with Crippen LogP contribution in [0.2, 0.25) is 5.02 Å². The van der Waals surface area contributed by atoms with Gasteiger partial charge in [-0.05, 0) is 48.2 Å². The average molecular weight is 516 g/mol. The number of halogens is 2. The number of nitrogens with one attached hydrogen (secondary N) is 3. The number of benzene rings is 2. The molecule has 2 aromatic rings. The van der Waals surface area contributed by atoms with Crippen molar-refractivity contribution in [2.75, 3.05) is 13.7 Å². The van der Waals surface area contributed by atoms with Crippen molar-refractivity contribution in [3.8, 4) is 0 Å². The van der Waals surface area contributed by atoms with Gasteiger partial charge in [-0.3, -0.25) is 14.4 Å². The maximum atomic E-state index is 13.6. The summed E-state index contributed by atoms with van der Waals surface area (Å²) in [6.45, 7) is 0.501. The first-order valence-electron chi connectivity index (χ1n) is 11.4. The summed E-state index contributed by atoms with van der Waals surface area (Å²) in [6, 6.07) is 10.8. The van der Waals surface area contributed by atoms with Crippen molar-refractivity contribution < 1.29 is 28.3 Å². The normalized spacial score (nSPS) is 16.8. The van der Waals surface area contributed by atoms with Gasteiger partial charge in [-0.2, -0.15) is 0 Å². The van der Waals surface area contributed by atoms with Crippen LogP contribution in [0.5, 0.6) is 0 Å². The summed E-state index contributed by atoms with van der Waals surface area (Å²) < 4.78 is 18.4. The molecule has 1 heterocycles. The topological polar surface area (TPSA) is 114 Å². The average Bonchev–Trinajstić information content (AvgIpc) is 3.25. The molecule has 0 unspecified atom stereocenters. The minimum Gasteiger partial charge on any atom is -0.467 e. The maximum Gasteiger partial charge on any atom is 0.328 e. The van der Waals surface area contributed by atoms with Gasteiger partial charge in [-0.25, -0.2) is 9.18 Å². The summed E-state index contributed by atoms with van der Waals surface area (Å²) in [4.78, 5) is 50.2. The van der Waals surface area contributed by atoms with Crippen molar-refractivity contribution in [3.63, 3.8) is 0 Å². The minimum atomic E-state index is -1.06. The van der Waals surface area contributed by atoms with E-state index in [4.69, 9.17) is 16.3 Å². The molecule has 3 N–H and O–H groups in total. The maximum absolute atomic E-state index is 13.6. The van der Waals surface area contributed by atoms with Gasteiger partial charge in [-0.1, -0.05) is 41.9 Å². The summed E-state index contributed by atoms with van der Waals surface area (Å²) >= 11 is 5.85. The van der Waals surface area contributed by atoms with Gasteiger partial charge in [0.25, 0.3) is 0 Å². The molecule has 1 aliphatic rings. The van der Waals surface area contributed by atoms with E-state index in [2.05, 4.69) is 16.0 Å². The predicted octanol–water partition coefficient (Wildman–Crippen LogP) is 2.40. The van der Waals surface area contributed by atoms with Crippen LogP contribution in [0.25, 0.3) is 6.08 Å². The molecule has 3 amide bonds. The molecule has 1 fully saturated rings. The second-order valence-electron chi connectivity index (χ2n) is 8.38. The Bertz CT molecular complexity index is 1120. The fourth-order valence-electron chi connectivity index (χ4n) is 3.91. The van der Waals surface area contributed by atoms with Crippen LogP contribution in [0, 0.1) is 11.7 Å². The van der Waals surface area contributed by atoms with Crippen LogP contribution < -0.4 is 16.0 Å². The quantitative estimate of drug-likeness (QED) is 0.332. The van der Waals surface area contributed by atoms with Crippen LogP contribution >= 0.6 is 11.6 Å². The van der Waals surface area contributed by atoms with Crippen molar-refractivity contribution in [3.05, 3.63) is 76.6 Å². The first-order valence-corrected chi connectivity index (χ1v) is 11.8. The molecule has 2 aromatic carbocycles. The Morgan fingerprint density at radius 2 is 1.92 bits per heavy atom. The standard InChI is InChI=1S/C26H27ClFN3O5/c1-36-26(35)22(14-18-9-10-29-24(18)33)31-25(34)21(13-16-5-3-2-4-6-16)30-23(32)8-7-17-11-19(27)15-20(28)12-17/h2-8,11-12,15,18,21-22H,9-10,13-14H2,1H3,(H,29,33)(H,30,32)(H,31,34)/b8-7+/t18-,21-,22-/m0/s1. The van der Waals surface area contributed by atoms with E-state index in [9.17, 15) is 23.6 Å². The lowest BCUT2D eigenvalue weighted by Gasteiger charge is -2.23. The van der Waals surface area contributed by atoms with Crippen molar-refractivity contribution in [2.45, 2.75) is 31.3 Å². The Morgan fingerprint density at radius 1 is 1.17 bits per heavy atom. The number of carbonyl (C=O) groups is 4. The summed E-state index contributed by atoms with van der Waals surface area (Å²) in [5, 5.41) is 8.15. The van der Waals surface area contributed by atoms with Crippen LogP contribution in [0.4, 0.5) is 4.39 Å². The second kappa shape index (κ2) is 12.8. The summed E-state index contributed by atoms with van der Waals surface area (Å²) in [5.74, 6) is -3.06. The van der Waals surface area contributed by atoms with Gasteiger partial charge in [0.15, 0.2) is 0 Å². The zero-order valence-corrected chi connectivity index (χ0v) is 20.4. The number of amides is 3. The number of carbonyl (C=O) groups excluding carboxylic acids is 4. The number of ether oxygens (including phenoxy) is 1. The molecule has 1 aliphatic heterocycles. The lowest BCUT2D eigenvalue weighted by atomic mass is 9.97. The number of hydrogen-bond acceptors (Lipinski definition) is 5. The molecule has 190 valence electrons. The molecular formula is C26H27ClFN3O5. The van der Waals surface area contributed by atoms with Gasteiger partial charge in [0.2, 0.25) is 17.7 Å². The molecule has 0 spiro atoms. The number of rotatable bonds is 10. The van der Waals surface area contributed by atoms with E-state index in [-0.39, 0.29) is 23.8 Å². The molecule has 36 heavy (non-hydrogen) atoms. The first kappa shape index (κ1) is 26.9. The highest BCUT2D eigenvalue weighted by Gasteiger charge is 2.33. The fourth-order valence-corrected chi connectivity index (χ4v) is 4.14. The monoisotopic (exact) mass is 515 g/mol. The zero-order valence-electron chi connectivity index (χ0n) is 19.6. The third-order valence-corrected chi connectivity index (χ3v) is 5.93. The molecule has 8 nitrogen and oxygen atoms in total. The van der Waals surface area contributed by atoms with Gasteiger partial charge < -0.3 is 20.7 Å². The van der Waals surface area contributed by atoms with E-state index >= 15 is 0 Å². The third-order valence-electron chi connectivity index (χ3n) is 5.71. The number of esters is 1. The first-order chi connectivity index (χ1) is 17.2. The highest BCUT2D eigenvalue weighted by atomic mass is 35.5. The molecule has 1 saturated heterocycles. The Labute approximate surface area is 213 Å². The van der Waals surface area contributed by atoms with Crippen LogP contribution in [0.1, 0.15) is 24.0 Å². The van der Waals surface area contributed by atoms with Crippen LogP contribution in [0.15, 0.2) is 54.6 Å². The Kier molecular flexibility index (Phi) is 9.58. The molecular weight excluding hydrogens is 489 g/mol. The van der Waals surface area contributed by atoms with Crippen molar-refractivity contribution >= 4 is 41.4 Å². The van der Waals surface area contributed by atoms with Crippen molar-refractivity contribution in [1.82, 2.24) is 16.0 Å². The second-order valence-corrected chi connectivity index (χ2v) is 8.82. The minimum absolute atomic E-state index is 0.0798. The van der Waals surface area contributed by atoms with Crippen LogP contribution in [0.3, 0.4) is 0 Å². The molecule has 0 aromatic heterocycles. The Hall–Kier alpha value is -3.72. The summed E-state index contributed by atoms with van der Waals surface area (Å²) in [5.41, 5.74) is 1.16. The van der Waals surface area contributed by atoms with E-state index in [1.54, 1.807) is 24.3 Å². The number of methoxy groups -OCH3 is 1.